The van der Waals surface area contributed by atoms with Gasteiger partial charge in [-0.3, -0.25) is 9.89 Å². The first-order valence-electron chi connectivity index (χ1n) is 9.48. The zero-order chi connectivity index (χ0) is 19.9. The average Bonchev–Trinajstić information content (AvgIpc) is 2.61. The van der Waals surface area contributed by atoms with E-state index in [9.17, 15) is 4.79 Å². The van der Waals surface area contributed by atoms with Crippen LogP contribution >= 0.6 is 11.6 Å². The molecule has 1 aromatic carbocycles. The van der Waals surface area contributed by atoms with Crippen molar-refractivity contribution in [2.75, 3.05) is 44.7 Å². The van der Waals surface area contributed by atoms with E-state index in [1.54, 1.807) is 25.3 Å². The second-order valence-electron chi connectivity index (χ2n) is 7.81. The number of amides is 2. The molecule has 3 aliphatic rings. The van der Waals surface area contributed by atoms with Gasteiger partial charge in [-0.05, 0) is 25.1 Å². The van der Waals surface area contributed by atoms with E-state index >= 15 is 0 Å². The lowest BCUT2D eigenvalue weighted by molar-refractivity contribution is -0.0620. The van der Waals surface area contributed by atoms with Crippen LogP contribution in [0.1, 0.15) is 6.92 Å². The van der Waals surface area contributed by atoms with Crippen LogP contribution in [0.4, 0.5) is 10.5 Å². The first-order valence-corrected chi connectivity index (χ1v) is 9.85. The summed E-state index contributed by atoms with van der Waals surface area (Å²) in [4.78, 5) is 23.5. The molecule has 3 heterocycles. The third-order valence-corrected chi connectivity index (χ3v) is 5.85. The fraction of sp³-hybridized carbons (Fsp3) is 0.429. The maximum absolute atomic E-state index is 13.2. The van der Waals surface area contributed by atoms with E-state index in [4.69, 9.17) is 16.3 Å². The molecule has 2 fully saturated rings. The Labute approximate surface area is 170 Å². The number of urea groups is 1. The number of aliphatic imine (C=N–C) groups is 1. The normalized spacial score (nSPS) is 23.2. The molecule has 0 aliphatic carbocycles. The minimum Gasteiger partial charge on any atom is -0.489 e. The van der Waals surface area contributed by atoms with Crippen LogP contribution in [0, 0.1) is 5.41 Å². The molecule has 4 rings (SSSR count). The molecule has 0 aromatic heterocycles. The van der Waals surface area contributed by atoms with E-state index < -0.39 is 0 Å². The number of rotatable bonds is 2. The molecule has 2 saturated heterocycles. The molecule has 1 unspecified atom stereocenters. The lowest BCUT2D eigenvalue weighted by atomic mass is 9.73. The zero-order valence-corrected chi connectivity index (χ0v) is 17.0. The molecule has 0 saturated carbocycles. The number of allylic oxidation sites excluding steroid dienone is 2. The van der Waals surface area contributed by atoms with Crippen LogP contribution in [0.2, 0.25) is 5.02 Å². The summed E-state index contributed by atoms with van der Waals surface area (Å²) < 4.78 is 5.76. The highest BCUT2D eigenvalue weighted by atomic mass is 35.5. The van der Waals surface area contributed by atoms with E-state index in [1.807, 2.05) is 34.9 Å². The molecule has 0 radical (unpaired) electrons. The number of likely N-dealkylation sites (tertiary alicyclic amines) is 2. The minimum atomic E-state index is -0.0153. The molecule has 148 valence electrons. The number of halogens is 1. The summed E-state index contributed by atoms with van der Waals surface area (Å²) in [6, 6.07) is 5.46. The molecule has 6 nitrogen and oxygen atoms in total. The van der Waals surface area contributed by atoms with Gasteiger partial charge < -0.3 is 14.5 Å². The van der Waals surface area contributed by atoms with Gasteiger partial charge in [0, 0.05) is 49.7 Å². The van der Waals surface area contributed by atoms with Crippen molar-refractivity contribution in [3.8, 4) is 5.75 Å². The first-order chi connectivity index (χ1) is 13.5. The molecule has 1 atom stereocenters. The molecule has 7 heteroatoms. The molecule has 1 spiro atoms. The van der Waals surface area contributed by atoms with Crippen molar-refractivity contribution >= 4 is 29.2 Å². The third-order valence-electron chi connectivity index (χ3n) is 5.62. The quantitative estimate of drug-likeness (QED) is 0.434. The number of carbonyl (C=O) groups is 1. The molecule has 2 amide bonds. The van der Waals surface area contributed by atoms with E-state index in [0.717, 1.165) is 37.7 Å². The Morgan fingerprint density at radius 2 is 2.04 bits per heavy atom. The van der Waals surface area contributed by atoms with Crippen molar-refractivity contribution in [2.24, 2.45) is 10.4 Å². The van der Waals surface area contributed by atoms with E-state index in [1.165, 1.54) is 0 Å². The fourth-order valence-corrected chi connectivity index (χ4v) is 4.43. The van der Waals surface area contributed by atoms with Gasteiger partial charge in [-0.1, -0.05) is 30.3 Å². The number of anilines is 1. The topological polar surface area (TPSA) is 48.4 Å². The molecule has 0 N–H and O–H groups in total. The number of ether oxygens (including phenoxy) is 1. The maximum atomic E-state index is 13.2. The number of fused-ring (bicyclic) bond motifs is 1. The van der Waals surface area contributed by atoms with Crippen molar-refractivity contribution in [3.05, 3.63) is 48.0 Å². The van der Waals surface area contributed by atoms with Crippen LogP contribution < -0.4 is 9.64 Å². The summed E-state index contributed by atoms with van der Waals surface area (Å²) >= 11 is 6.07. The van der Waals surface area contributed by atoms with Crippen LogP contribution in [-0.2, 0) is 0 Å². The predicted molar refractivity (Wildman–Crippen MR) is 113 cm³/mol. The van der Waals surface area contributed by atoms with Crippen LogP contribution in [0.5, 0.6) is 5.75 Å². The summed E-state index contributed by atoms with van der Waals surface area (Å²) in [7, 11) is 1.80. The molecule has 0 bridgehead atoms. The van der Waals surface area contributed by atoms with Gasteiger partial charge in [-0.2, -0.15) is 0 Å². The highest BCUT2D eigenvalue weighted by Gasteiger charge is 2.54. The monoisotopic (exact) mass is 400 g/mol. The predicted octanol–water partition coefficient (Wildman–Crippen LogP) is 3.44. The van der Waals surface area contributed by atoms with Gasteiger partial charge in [0.1, 0.15) is 18.2 Å². The lowest BCUT2D eigenvalue weighted by Gasteiger charge is -2.61. The van der Waals surface area contributed by atoms with E-state index in [2.05, 4.69) is 16.5 Å². The number of carbonyl (C=O) groups excluding carboxylic acids is 1. The van der Waals surface area contributed by atoms with Gasteiger partial charge in [0.25, 0.3) is 0 Å². The number of hydrogen-bond donors (Lipinski definition) is 0. The number of hydrogen-bond acceptors (Lipinski definition) is 3. The summed E-state index contributed by atoms with van der Waals surface area (Å²) in [5.74, 6) is 1.63. The Balaban J connectivity index is 1.40. The van der Waals surface area contributed by atoms with Gasteiger partial charge >= 0.3 is 6.03 Å². The zero-order valence-electron chi connectivity index (χ0n) is 16.3. The van der Waals surface area contributed by atoms with Gasteiger partial charge in [0.2, 0.25) is 0 Å². The van der Waals surface area contributed by atoms with Gasteiger partial charge in [-0.15, -0.1) is 0 Å². The summed E-state index contributed by atoms with van der Waals surface area (Å²) in [5, 5.41) is 0.608. The second kappa shape index (κ2) is 7.17. The SMILES string of the molecule is C=C/C=C\C(=N/C)N1CC2(CN(C(=O)N3c4ccc(Cl)cc4OCC3C)C2)C1. The molecule has 1 aromatic rings. The molecular weight excluding hydrogens is 376 g/mol. The van der Waals surface area contributed by atoms with Crippen LogP contribution in [0.3, 0.4) is 0 Å². The Morgan fingerprint density at radius 1 is 1.32 bits per heavy atom. The number of nitrogens with zero attached hydrogens (tertiary/aromatic N) is 4. The lowest BCUT2D eigenvalue weighted by Crippen LogP contribution is -2.75. The van der Waals surface area contributed by atoms with Gasteiger partial charge in [0.15, 0.2) is 0 Å². The van der Waals surface area contributed by atoms with Crippen LogP contribution in [0.25, 0.3) is 0 Å². The smallest absolute Gasteiger partial charge is 0.325 e. The van der Waals surface area contributed by atoms with Crippen molar-refractivity contribution < 1.29 is 9.53 Å². The van der Waals surface area contributed by atoms with Crippen molar-refractivity contribution in [1.82, 2.24) is 9.80 Å². The maximum Gasteiger partial charge on any atom is 0.325 e. The van der Waals surface area contributed by atoms with Gasteiger partial charge in [0.05, 0.1) is 11.7 Å². The largest absolute Gasteiger partial charge is 0.489 e. The summed E-state index contributed by atoms with van der Waals surface area (Å²) in [6.45, 7) is 9.58. The number of benzene rings is 1. The fourth-order valence-electron chi connectivity index (χ4n) is 4.27. The van der Waals surface area contributed by atoms with Crippen molar-refractivity contribution in [2.45, 2.75) is 13.0 Å². The second-order valence-corrected chi connectivity index (χ2v) is 8.25. The summed E-state index contributed by atoms with van der Waals surface area (Å²) in [5.41, 5.74) is 0.977. The van der Waals surface area contributed by atoms with E-state index in [0.29, 0.717) is 17.4 Å². The molecule has 3 aliphatic heterocycles. The standard InChI is InChI=1S/C21H25ClN4O2/c1-4-5-6-19(23-3)24-11-21(12-24)13-25(14-21)20(27)26-15(2)10-28-18-9-16(22)7-8-17(18)26/h4-9,15H,1,10-14H2,2-3H3/b6-5-,23-19+. The van der Waals surface area contributed by atoms with Crippen molar-refractivity contribution in [1.29, 1.82) is 0 Å². The molecular formula is C21H25ClN4O2. The van der Waals surface area contributed by atoms with Crippen LogP contribution in [0.15, 0.2) is 48.0 Å². The summed E-state index contributed by atoms with van der Waals surface area (Å²) in [6.07, 6.45) is 5.62. The highest BCUT2D eigenvalue weighted by Crippen LogP contribution is 2.42. The third kappa shape index (κ3) is 3.15. The van der Waals surface area contributed by atoms with Gasteiger partial charge in [-0.25, -0.2) is 4.79 Å². The first kappa shape index (κ1) is 18.9. The Kier molecular flexibility index (Phi) is 4.83. The Hall–Kier alpha value is -2.47. The van der Waals surface area contributed by atoms with Crippen molar-refractivity contribution in [3.63, 3.8) is 0 Å². The molecule has 28 heavy (non-hydrogen) atoms. The average molecular weight is 401 g/mol. The minimum absolute atomic E-state index is 0.0153. The van der Waals surface area contributed by atoms with Crippen LogP contribution in [-0.4, -0.2) is 67.5 Å². The number of amidine groups is 1. The Morgan fingerprint density at radius 3 is 2.71 bits per heavy atom. The Bertz CT molecular complexity index is 852. The highest BCUT2D eigenvalue weighted by molar-refractivity contribution is 6.30. The van der Waals surface area contributed by atoms with E-state index in [-0.39, 0.29) is 17.5 Å².